The van der Waals surface area contributed by atoms with E-state index in [1.54, 1.807) is 34.0 Å². The highest BCUT2D eigenvalue weighted by atomic mass is 32.1. The van der Waals surface area contributed by atoms with E-state index in [0.29, 0.717) is 18.6 Å². The molecule has 2 aliphatic rings. The second-order valence-electron chi connectivity index (χ2n) is 28.6. The largest absolute Gasteiger partial charge is 0.490 e. The van der Waals surface area contributed by atoms with Crippen LogP contribution in [0, 0.1) is 0 Å². The van der Waals surface area contributed by atoms with Gasteiger partial charge < -0.3 is 15.3 Å². The second-order valence-corrected chi connectivity index (χ2v) is 32.2. The first-order chi connectivity index (χ1) is 45.8. The zero-order valence-corrected chi connectivity index (χ0v) is 63.4. The molecule has 0 amide bonds. The van der Waals surface area contributed by atoms with Crippen LogP contribution in [0.1, 0.15) is 414 Å². The number of carbonyl (C=O) groups is 2. The lowest BCUT2D eigenvalue weighted by Crippen LogP contribution is -2.51. The average Bonchev–Trinajstić information content (AvgIpc) is 1.43. The lowest BCUT2D eigenvalue weighted by molar-refractivity contribution is -0.192. The van der Waals surface area contributed by atoms with E-state index in [4.69, 9.17) is 9.90 Å². The molecule has 0 saturated carbocycles. The number of hydrogen-bond donors (Lipinski definition) is 3. The Morgan fingerprint density at radius 3 is 0.787 bits per heavy atom. The number of hydrogen-bond acceptors (Lipinski definition) is 8. The lowest BCUT2D eigenvalue weighted by Gasteiger charge is -2.47. The molecule has 4 aromatic heterocycles. The molecule has 0 bridgehead atoms. The monoisotopic (exact) mass is 1380 g/mol. The van der Waals surface area contributed by atoms with Gasteiger partial charge in [0, 0.05) is 21.6 Å². The summed E-state index contributed by atoms with van der Waals surface area (Å²) in [5, 5.41) is 40.6. The molecular formula is C82H135F3O5S4. The third-order valence-corrected chi connectivity index (χ3v) is 24.8. The number of unbranched alkanes of at least 4 members (excludes halogenated alkanes) is 48. The van der Waals surface area contributed by atoms with Gasteiger partial charge >= 0.3 is 12.1 Å². The molecule has 0 fully saturated rings. The molecule has 0 radical (unpaired) electrons. The summed E-state index contributed by atoms with van der Waals surface area (Å²) >= 11 is 7.07. The number of thiophene rings is 4. The SMILES string of the molecule is CCCCCCCCCCCCCCCC1(CCCCCCCCCCCCCCC)C(=O)c2ccsc2-c2sccc21.CCCCCCCCCCCCCCCC1(O)c2ccsc2-c2sccc2C1(O)CCCCCCCCCCCCCCC.O=C(O)C(F)(F)F. The van der Waals surface area contributed by atoms with Crippen LogP contribution in [0.15, 0.2) is 45.8 Å². The number of halogens is 3. The molecule has 12 heteroatoms. The van der Waals surface area contributed by atoms with Gasteiger partial charge in [-0.1, -0.05) is 362 Å². The van der Waals surface area contributed by atoms with Gasteiger partial charge in [-0.15, -0.1) is 45.3 Å². The summed E-state index contributed by atoms with van der Waals surface area (Å²) in [7, 11) is 0. The molecule has 94 heavy (non-hydrogen) atoms. The normalized spacial score (nSPS) is 16.2. The topological polar surface area (TPSA) is 94.8 Å². The van der Waals surface area contributed by atoms with Crippen LogP contribution in [0.3, 0.4) is 0 Å². The highest BCUT2D eigenvalue weighted by molar-refractivity contribution is 7.21. The molecule has 2 atom stereocenters. The molecule has 538 valence electrons. The zero-order valence-electron chi connectivity index (χ0n) is 60.1. The van der Waals surface area contributed by atoms with E-state index in [9.17, 15) is 28.2 Å². The number of alkyl halides is 3. The first-order valence-corrected chi connectivity index (χ1v) is 42.9. The van der Waals surface area contributed by atoms with Gasteiger partial charge in [0.05, 0.1) is 20.0 Å². The van der Waals surface area contributed by atoms with Crippen LogP contribution in [-0.4, -0.2) is 33.2 Å². The fourth-order valence-corrected chi connectivity index (χ4v) is 19.2. The van der Waals surface area contributed by atoms with Gasteiger partial charge in [-0.2, -0.15) is 13.2 Å². The molecular weight excluding hydrogens is 1250 g/mol. The minimum Gasteiger partial charge on any atom is -0.475 e. The number of ketones is 1. The Morgan fingerprint density at radius 1 is 0.330 bits per heavy atom. The van der Waals surface area contributed by atoms with Gasteiger partial charge in [-0.25, -0.2) is 4.79 Å². The average molecular weight is 1390 g/mol. The van der Waals surface area contributed by atoms with Crippen molar-refractivity contribution in [2.45, 2.75) is 410 Å². The lowest BCUT2D eigenvalue weighted by atomic mass is 9.65. The Bertz CT molecular complexity index is 2380. The van der Waals surface area contributed by atoms with Crippen LogP contribution in [0.25, 0.3) is 19.5 Å². The molecule has 4 aromatic rings. The van der Waals surface area contributed by atoms with E-state index in [1.165, 1.54) is 333 Å². The first kappa shape index (κ1) is 84.1. The number of carbonyl (C=O) groups excluding carboxylic acids is 1. The van der Waals surface area contributed by atoms with Crippen molar-refractivity contribution >= 4 is 57.1 Å². The molecule has 4 heterocycles. The minimum absolute atomic E-state index is 0.279. The van der Waals surface area contributed by atoms with Crippen LogP contribution in [0.2, 0.25) is 0 Å². The van der Waals surface area contributed by atoms with Gasteiger partial charge in [0.1, 0.15) is 11.2 Å². The quantitative estimate of drug-likeness (QED) is 0.0383. The van der Waals surface area contributed by atoms with Crippen molar-refractivity contribution in [1.82, 2.24) is 0 Å². The second kappa shape index (κ2) is 50.9. The van der Waals surface area contributed by atoms with E-state index in [0.717, 1.165) is 55.2 Å². The van der Waals surface area contributed by atoms with Crippen molar-refractivity contribution in [2.24, 2.45) is 0 Å². The number of aliphatic hydroxyl groups is 2. The highest BCUT2D eigenvalue weighted by Crippen LogP contribution is 2.59. The molecule has 0 aliphatic heterocycles. The van der Waals surface area contributed by atoms with E-state index in [-0.39, 0.29) is 5.41 Å². The number of rotatable bonds is 56. The molecule has 3 N–H and O–H groups in total. The maximum absolute atomic E-state index is 14.2. The predicted molar refractivity (Wildman–Crippen MR) is 404 cm³/mol. The number of aliphatic carboxylic acids is 1. The van der Waals surface area contributed by atoms with Gasteiger partial charge in [-0.3, -0.25) is 4.79 Å². The molecule has 0 aromatic carbocycles. The van der Waals surface area contributed by atoms with Crippen molar-refractivity contribution in [3.05, 3.63) is 68.0 Å². The summed E-state index contributed by atoms with van der Waals surface area (Å²) in [5.74, 6) is -2.32. The van der Waals surface area contributed by atoms with Crippen molar-refractivity contribution in [1.29, 1.82) is 0 Å². The molecule has 2 aliphatic carbocycles. The van der Waals surface area contributed by atoms with Crippen molar-refractivity contribution in [2.75, 3.05) is 0 Å². The number of fused-ring (bicyclic) bond motifs is 6. The summed E-state index contributed by atoms with van der Waals surface area (Å²) < 4.78 is 31.7. The van der Waals surface area contributed by atoms with E-state index < -0.39 is 23.3 Å². The predicted octanol–water partition coefficient (Wildman–Crippen LogP) is 29.3. The maximum atomic E-state index is 14.2. The summed E-state index contributed by atoms with van der Waals surface area (Å²) in [6.07, 6.45) is 68.4. The third kappa shape index (κ3) is 30.2. The number of Topliss-reactive ketones (excluding diaryl/α,β-unsaturated/α-hetero) is 1. The van der Waals surface area contributed by atoms with Gasteiger partial charge in [-0.05, 0) is 77.0 Å². The molecule has 0 saturated heterocycles. The Morgan fingerprint density at radius 2 is 0.532 bits per heavy atom. The Labute approximate surface area is 588 Å². The Balaban J connectivity index is 0.000000363. The number of carboxylic acid groups (broad SMARTS) is 1. The van der Waals surface area contributed by atoms with Crippen LogP contribution < -0.4 is 0 Å². The van der Waals surface area contributed by atoms with Crippen LogP contribution in [0.4, 0.5) is 13.2 Å². The number of carboxylic acids is 1. The van der Waals surface area contributed by atoms with E-state index in [2.05, 4.69) is 73.5 Å². The van der Waals surface area contributed by atoms with Crippen molar-refractivity contribution < 1.29 is 38.1 Å². The fourth-order valence-electron chi connectivity index (χ4n) is 15.0. The molecule has 2 unspecified atom stereocenters. The molecule has 0 spiro atoms. The maximum Gasteiger partial charge on any atom is 0.490 e. The first-order valence-electron chi connectivity index (χ1n) is 39.4. The van der Waals surface area contributed by atoms with Crippen LogP contribution >= 0.6 is 45.3 Å². The van der Waals surface area contributed by atoms with Gasteiger partial charge in [0.2, 0.25) is 0 Å². The van der Waals surface area contributed by atoms with Crippen molar-refractivity contribution in [3.8, 4) is 19.5 Å². The van der Waals surface area contributed by atoms with Crippen molar-refractivity contribution in [3.63, 3.8) is 0 Å². The molecule has 6 rings (SSSR count). The summed E-state index contributed by atoms with van der Waals surface area (Å²) in [5.41, 5.74) is 1.69. The van der Waals surface area contributed by atoms with Gasteiger partial charge in [0.15, 0.2) is 5.78 Å². The standard InChI is InChI=1S/C40H68O2S2.C40H66OS2.C2HF3O2/c1-3-5-7-9-11-13-15-17-19-21-23-25-27-31-39(41)35-29-33-43-37(35)38-36(30-34-44-38)40(39,42)32-28-26-24-22-20-18-16-14-12-10-8-6-4-2;1-3-5-7-9-11-13-15-17-19-21-23-25-27-31-40(32-28-26-24-22-20-18-16-14-12-10-8-6-4-2)36-30-34-43-38(36)37-35(39(40)41)29-33-42-37;3-2(4,5)1(6)7/h29-30,33-34,41-42H,3-28,31-32H2,1-2H3;29-30,33-34H,3-28,31-32H2,1-2H3;(H,6,7). The van der Waals surface area contributed by atoms with Crippen LogP contribution in [0.5, 0.6) is 0 Å². The highest BCUT2D eigenvalue weighted by Gasteiger charge is 2.56. The minimum atomic E-state index is -5.08. The van der Waals surface area contributed by atoms with E-state index in [1.807, 2.05) is 11.3 Å². The Hall–Kier alpha value is -2.35. The summed E-state index contributed by atoms with van der Waals surface area (Å²) in [4.78, 5) is 28.1. The summed E-state index contributed by atoms with van der Waals surface area (Å²) in [6, 6.07) is 8.62. The third-order valence-electron chi connectivity index (χ3n) is 20.8. The van der Waals surface area contributed by atoms with Gasteiger partial charge in [0.25, 0.3) is 0 Å². The Kier molecular flexibility index (Phi) is 45.5. The van der Waals surface area contributed by atoms with Crippen LogP contribution in [-0.2, 0) is 21.4 Å². The zero-order chi connectivity index (χ0) is 67.9. The fraction of sp³-hybridized carbons (Fsp3) is 0.780. The van der Waals surface area contributed by atoms with E-state index >= 15 is 0 Å². The summed E-state index contributed by atoms with van der Waals surface area (Å²) in [6.45, 7) is 9.17. The molecule has 5 nitrogen and oxygen atoms in total. The smallest absolute Gasteiger partial charge is 0.475 e.